The molecule has 1 atom stereocenters. The van der Waals surface area contributed by atoms with Crippen LogP contribution in [0.15, 0.2) is 18.3 Å². The molecule has 0 bridgehead atoms. The van der Waals surface area contributed by atoms with Gasteiger partial charge in [0.05, 0.1) is 18.2 Å². The van der Waals surface area contributed by atoms with Crippen LogP contribution in [-0.4, -0.2) is 65.4 Å². The molecule has 152 valence electrons. The predicted octanol–water partition coefficient (Wildman–Crippen LogP) is 2.09. The molecule has 1 saturated carbocycles. The smallest absolute Gasteiger partial charge is 0.234 e. The van der Waals surface area contributed by atoms with Crippen LogP contribution in [0.5, 0.6) is 0 Å². The summed E-state index contributed by atoms with van der Waals surface area (Å²) in [6, 6.07) is 4.43. The van der Waals surface area contributed by atoms with E-state index in [1.54, 1.807) is 6.20 Å². The van der Waals surface area contributed by atoms with Crippen molar-refractivity contribution in [2.24, 2.45) is 0 Å². The summed E-state index contributed by atoms with van der Waals surface area (Å²) in [7, 11) is 0. The van der Waals surface area contributed by atoms with E-state index in [1.807, 2.05) is 11.0 Å². The molecular weight excluding hydrogens is 352 g/mol. The molecule has 0 spiro atoms. The molecular formula is C22H32N4O2. The van der Waals surface area contributed by atoms with E-state index in [2.05, 4.69) is 21.3 Å². The highest BCUT2D eigenvalue weighted by atomic mass is 16.2. The molecule has 3 aliphatic rings. The number of carbonyl (C=O) groups is 2. The Bertz CT molecular complexity index is 694. The summed E-state index contributed by atoms with van der Waals surface area (Å²) in [5.41, 5.74) is 2.21. The summed E-state index contributed by atoms with van der Waals surface area (Å²) in [4.78, 5) is 34.1. The van der Waals surface area contributed by atoms with Crippen LogP contribution in [0.1, 0.15) is 62.1 Å². The minimum atomic E-state index is -0.0916. The highest BCUT2D eigenvalue weighted by Crippen LogP contribution is 2.31. The van der Waals surface area contributed by atoms with Crippen molar-refractivity contribution in [1.29, 1.82) is 0 Å². The Labute approximate surface area is 167 Å². The molecule has 1 N–H and O–H groups in total. The number of aryl methyl sites for hydroxylation is 1. The number of nitrogens with one attached hydrogen (secondary N) is 1. The van der Waals surface area contributed by atoms with Gasteiger partial charge in [0.2, 0.25) is 11.8 Å². The Hall–Kier alpha value is -1.95. The monoisotopic (exact) mass is 384 g/mol. The Balaban J connectivity index is 1.26. The summed E-state index contributed by atoms with van der Waals surface area (Å²) in [6.45, 7) is 3.39. The number of pyridine rings is 1. The van der Waals surface area contributed by atoms with Gasteiger partial charge in [0.15, 0.2) is 0 Å². The molecule has 4 rings (SSSR count). The molecule has 28 heavy (non-hydrogen) atoms. The zero-order chi connectivity index (χ0) is 19.3. The number of hydrogen-bond donors (Lipinski definition) is 1. The fourth-order valence-electron chi connectivity index (χ4n) is 4.92. The Morgan fingerprint density at radius 1 is 1.04 bits per heavy atom. The van der Waals surface area contributed by atoms with E-state index in [-0.39, 0.29) is 17.7 Å². The van der Waals surface area contributed by atoms with Gasteiger partial charge in [-0.3, -0.25) is 19.5 Å². The lowest BCUT2D eigenvalue weighted by Gasteiger charge is -2.37. The van der Waals surface area contributed by atoms with E-state index in [1.165, 1.54) is 24.8 Å². The van der Waals surface area contributed by atoms with Crippen LogP contribution in [0.2, 0.25) is 0 Å². The molecule has 1 aliphatic heterocycles. The summed E-state index contributed by atoms with van der Waals surface area (Å²) in [5, 5.41) is 3.19. The summed E-state index contributed by atoms with van der Waals surface area (Å²) in [6.07, 6.45) is 10.8. The predicted molar refractivity (Wildman–Crippen MR) is 108 cm³/mol. The van der Waals surface area contributed by atoms with Gasteiger partial charge in [-0.1, -0.05) is 25.3 Å². The van der Waals surface area contributed by atoms with Crippen molar-refractivity contribution in [1.82, 2.24) is 20.1 Å². The molecule has 0 aromatic carbocycles. The van der Waals surface area contributed by atoms with E-state index in [4.69, 9.17) is 0 Å². The first-order valence-corrected chi connectivity index (χ1v) is 10.9. The lowest BCUT2D eigenvalue weighted by atomic mass is 9.85. The fourth-order valence-corrected chi connectivity index (χ4v) is 4.92. The lowest BCUT2D eigenvalue weighted by Crippen LogP contribution is -2.53. The van der Waals surface area contributed by atoms with Crippen molar-refractivity contribution < 1.29 is 9.59 Å². The fraction of sp³-hybridized carbons (Fsp3) is 0.682. The van der Waals surface area contributed by atoms with Crippen LogP contribution >= 0.6 is 0 Å². The van der Waals surface area contributed by atoms with Gasteiger partial charge in [0, 0.05) is 38.4 Å². The van der Waals surface area contributed by atoms with Gasteiger partial charge in [-0.25, -0.2) is 0 Å². The maximum absolute atomic E-state index is 13.1. The molecule has 1 aromatic rings. The molecule has 0 radical (unpaired) electrons. The van der Waals surface area contributed by atoms with Gasteiger partial charge in [-0.05, 0) is 43.7 Å². The summed E-state index contributed by atoms with van der Waals surface area (Å²) >= 11 is 0. The van der Waals surface area contributed by atoms with Crippen LogP contribution < -0.4 is 5.32 Å². The number of nitrogens with zero attached hydrogens (tertiary/aromatic N) is 3. The van der Waals surface area contributed by atoms with Gasteiger partial charge in [0.25, 0.3) is 0 Å². The van der Waals surface area contributed by atoms with E-state index in [0.29, 0.717) is 25.7 Å². The highest BCUT2D eigenvalue weighted by molar-refractivity contribution is 5.84. The minimum Gasteiger partial charge on any atom is -0.352 e. The number of piperazine rings is 1. The first kappa shape index (κ1) is 19.4. The van der Waals surface area contributed by atoms with Gasteiger partial charge in [-0.2, -0.15) is 0 Å². The average molecular weight is 385 g/mol. The third kappa shape index (κ3) is 4.54. The van der Waals surface area contributed by atoms with E-state index >= 15 is 0 Å². The molecule has 2 heterocycles. The Kier molecular flexibility index (Phi) is 6.25. The van der Waals surface area contributed by atoms with Crippen LogP contribution in [0, 0.1) is 0 Å². The van der Waals surface area contributed by atoms with Gasteiger partial charge in [-0.15, -0.1) is 0 Å². The third-order valence-electron chi connectivity index (χ3n) is 6.51. The molecule has 6 nitrogen and oxygen atoms in total. The first-order chi connectivity index (χ1) is 13.7. The van der Waals surface area contributed by atoms with E-state index in [9.17, 15) is 9.59 Å². The maximum Gasteiger partial charge on any atom is 0.234 e. The van der Waals surface area contributed by atoms with Crippen molar-refractivity contribution >= 4 is 11.8 Å². The molecule has 2 amide bonds. The molecule has 6 heteroatoms. The first-order valence-electron chi connectivity index (χ1n) is 10.9. The molecule has 2 fully saturated rings. The second-order valence-corrected chi connectivity index (χ2v) is 8.50. The van der Waals surface area contributed by atoms with Gasteiger partial charge in [0.1, 0.15) is 0 Å². The number of rotatable bonds is 4. The Morgan fingerprint density at radius 2 is 1.82 bits per heavy atom. The molecule has 2 aliphatic carbocycles. The van der Waals surface area contributed by atoms with Crippen molar-refractivity contribution in [3.63, 3.8) is 0 Å². The van der Waals surface area contributed by atoms with E-state index in [0.717, 1.165) is 50.9 Å². The zero-order valence-corrected chi connectivity index (χ0v) is 16.7. The third-order valence-corrected chi connectivity index (χ3v) is 6.51. The second kappa shape index (κ2) is 9.03. The minimum absolute atomic E-state index is 0.0916. The van der Waals surface area contributed by atoms with Crippen LogP contribution in [0.3, 0.4) is 0 Å². The SMILES string of the molecule is O=C(CN1CCN(C(=O)C2CCCc3cccnc32)CC1)NC1CCCCC1. The number of fused-ring (bicyclic) bond motifs is 1. The summed E-state index contributed by atoms with van der Waals surface area (Å²) in [5.74, 6) is 0.258. The van der Waals surface area contributed by atoms with Crippen molar-refractivity contribution in [2.45, 2.75) is 63.3 Å². The van der Waals surface area contributed by atoms with Crippen molar-refractivity contribution in [3.8, 4) is 0 Å². The Morgan fingerprint density at radius 3 is 2.61 bits per heavy atom. The topological polar surface area (TPSA) is 65.5 Å². The normalized spacial score (nSPS) is 23.9. The zero-order valence-electron chi connectivity index (χ0n) is 16.7. The number of amides is 2. The second-order valence-electron chi connectivity index (χ2n) is 8.50. The largest absolute Gasteiger partial charge is 0.352 e. The standard InChI is InChI=1S/C22H32N4O2/c27-20(24-18-8-2-1-3-9-18)16-25-12-14-26(15-13-25)22(28)19-10-4-6-17-7-5-11-23-21(17)19/h5,7,11,18-19H,1-4,6,8-10,12-16H2,(H,24,27). The van der Waals surface area contributed by atoms with Crippen molar-refractivity contribution in [3.05, 3.63) is 29.6 Å². The van der Waals surface area contributed by atoms with Crippen molar-refractivity contribution in [2.75, 3.05) is 32.7 Å². The maximum atomic E-state index is 13.1. The lowest BCUT2D eigenvalue weighted by molar-refractivity contribution is -0.135. The summed E-state index contributed by atoms with van der Waals surface area (Å²) < 4.78 is 0. The molecule has 1 aromatic heterocycles. The average Bonchev–Trinajstić information content (AvgIpc) is 2.74. The van der Waals surface area contributed by atoms with Crippen LogP contribution in [-0.2, 0) is 16.0 Å². The van der Waals surface area contributed by atoms with Crippen LogP contribution in [0.25, 0.3) is 0 Å². The quantitative estimate of drug-likeness (QED) is 0.863. The molecule has 1 unspecified atom stereocenters. The van der Waals surface area contributed by atoms with Crippen LogP contribution in [0.4, 0.5) is 0 Å². The molecule has 1 saturated heterocycles. The van der Waals surface area contributed by atoms with Gasteiger partial charge >= 0.3 is 0 Å². The van der Waals surface area contributed by atoms with E-state index < -0.39 is 0 Å². The van der Waals surface area contributed by atoms with Gasteiger partial charge < -0.3 is 10.2 Å². The number of aromatic nitrogens is 1. The highest BCUT2D eigenvalue weighted by Gasteiger charge is 2.32. The number of carbonyl (C=O) groups excluding carboxylic acids is 2. The number of hydrogen-bond acceptors (Lipinski definition) is 4.